The lowest BCUT2D eigenvalue weighted by atomic mass is 10.0. The van der Waals surface area contributed by atoms with Gasteiger partial charge < -0.3 is 4.90 Å². The summed E-state index contributed by atoms with van der Waals surface area (Å²) in [6, 6.07) is 12.3. The number of carbonyl (C=O) groups is 1. The molecule has 0 aliphatic rings. The first kappa shape index (κ1) is 19.2. The molecule has 3 rings (SSSR count). The molecule has 0 saturated heterocycles. The predicted octanol–water partition coefficient (Wildman–Crippen LogP) is 5.00. The van der Waals surface area contributed by atoms with Gasteiger partial charge in [-0.15, -0.1) is 0 Å². The van der Waals surface area contributed by atoms with Crippen LogP contribution in [0.15, 0.2) is 42.6 Å². The molecule has 0 fully saturated rings. The Morgan fingerprint density at radius 2 is 1.81 bits per heavy atom. The number of aromatic nitrogens is 2. The van der Waals surface area contributed by atoms with E-state index >= 15 is 0 Å². The van der Waals surface area contributed by atoms with E-state index in [0.29, 0.717) is 12.1 Å². The van der Waals surface area contributed by atoms with Crippen LogP contribution in [0.1, 0.15) is 53.9 Å². The lowest BCUT2D eigenvalue weighted by molar-refractivity contribution is 0.0988. The van der Waals surface area contributed by atoms with Crippen molar-refractivity contribution in [3.63, 3.8) is 0 Å². The first-order valence-corrected chi connectivity index (χ1v) is 9.85. The van der Waals surface area contributed by atoms with Gasteiger partial charge in [0.25, 0.3) is 0 Å². The van der Waals surface area contributed by atoms with Crippen LogP contribution in [0, 0.1) is 13.8 Å². The summed E-state index contributed by atoms with van der Waals surface area (Å²) in [5, 5.41) is 0. The Kier molecular flexibility index (Phi) is 5.94. The molecule has 0 atom stereocenters. The molecule has 27 heavy (non-hydrogen) atoms. The first-order valence-electron chi connectivity index (χ1n) is 9.85. The van der Waals surface area contributed by atoms with Crippen molar-refractivity contribution in [2.75, 3.05) is 18.0 Å². The average molecular weight is 364 g/mol. The molecule has 2 heterocycles. The molecular weight excluding hydrogens is 334 g/mol. The van der Waals surface area contributed by atoms with E-state index in [1.165, 1.54) is 5.56 Å². The largest absolute Gasteiger partial charge is 0.358 e. The summed E-state index contributed by atoms with van der Waals surface area (Å²) < 4.78 is 2.06. The van der Waals surface area contributed by atoms with Crippen LogP contribution in [0.25, 0.3) is 5.65 Å². The Morgan fingerprint density at radius 1 is 1.07 bits per heavy atom. The fourth-order valence-corrected chi connectivity index (χ4v) is 3.58. The number of pyridine rings is 1. The van der Waals surface area contributed by atoms with Crippen LogP contribution < -0.4 is 4.90 Å². The maximum atomic E-state index is 12.9. The van der Waals surface area contributed by atoms with Gasteiger partial charge >= 0.3 is 0 Å². The number of carbonyl (C=O) groups excluding carboxylic acids is 1. The molecule has 0 radical (unpaired) electrons. The van der Waals surface area contributed by atoms with E-state index in [0.717, 1.165) is 48.5 Å². The summed E-state index contributed by atoms with van der Waals surface area (Å²) in [6.45, 7) is 10.5. The van der Waals surface area contributed by atoms with Crippen molar-refractivity contribution in [3.8, 4) is 0 Å². The molecule has 0 saturated carbocycles. The molecule has 3 aromatic rings. The Labute approximate surface area is 161 Å². The van der Waals surface area contributed by atoms with Gasteiger partial charge in [-0.05, 0) is 49.9 Å². The highest BCUT2D eigenvalue weighted by molar-refractivity contribution is 5.96. The van der Waals surface area contributed by atoms with Gasteiger partial charge in [0.1, 0.15) is 17.2 Å². The van der Waals surface area contributed by atoms with Gasteiger partial charge in [0.05, 0.1) is 0 Å². The lowest BCUT2D eigenvalue weighted by Gasteiger charge is -2.24. The van der Waals surface area contributed by atoms with Gasteiger partial charge in [0, 0.05) is 25.7 Å². The van der Waals surface area contributed by atoms with Crippen molar-refractivity contribution in [2.45, 2.75) is 47.0 Å². The Morgan fingerprint density at radius 3 is 2.48 bits per heavy atom. The van der Waals surface area contributed by atoms with E-state index in [2.05, 4.69) is 60.2 Å². The minimum absolute atomic E-state index is 0.0640. The lowest BCUT2D eigenvalue weighted by Crippen LogP contribution is -2.26. The minimum atomic E-state index is 0.0640. The van der Waals surface area contributed by atoms with Crippen molar-refractivity contribution in [3.05, 3.63) is 65.0 Å². The highest BCUT2D eigenvalue weighted by Crippen LogP contribution is 2.20. The van der Waals surface area contributed by atoms with Crippen LogP contribution in [0.2, 0.25) is 0 Å². The summed E-state index contributed by atoms with van der Waals surface area (Å²) in [7, 11) is 0. The number of hydrogen-bond donors (Lipinski definition) is 0. The van der Waals surface area contributed by atoms with Crippen LogP contribution in [0.3, 0.4) is 0 Å². The van der Waals surface area contributed by atoms with E-state index in [9.17, 15) is 4.79 Å². The van der Waals surface area contributed by atoms with Crippen LogP contribution in [0.5, 0.6) is 0 Å². The molecule has 4 heteroatoms. The third-order valence-corrected chi connectivity index (χ3v) is 4.92. The van der Waals surface area contributed by atoms with Gasteiger partial charge in [-0.2, -0.15) is 0 Å². The van der Waals surface area contributed by atoms with Crippen LogP contribution in [0.4, 0.5) is 5.82 Å². The van der Waals surface area contributed by atoms with Crippen molar-refractivity contribution < 1.29 is 4.79 Å². The number of benzene rings is 1. The Bertz CT molecular complexity index is 936. The summed E-state index contributed by atoms with van der Waals surface area (Å²) in [5.74, 6) is 1.17. The second kappa shape index (κ2) is 8.38. The van der Waals surface area contributed by atoms with Gasteiger partial charge in [0.2, 0.25) is 0 Å². The number of Topliss-reactive ketones (excluding diaryl/α,β-unsaturated/α-hetero) is 1. The van der Waals surface area contributed by atoms with Gasteiger partial charge in [0.15, 0.2) is 5.78 Å². The Hall–Kier alpha value is -2.62. The zero-order valence-electron chi connectivity index (χ0n) is 16.8. The van der Waals surface area contributed by atoms with Gasteiger partial charge in [-0.25, -0.2) is 4.98 Å². The molecule has 4 nitrogen and oxygen atoms in total. The fraction of sp³-hybridized carbons (Fsp3) is 0.391. The molecule has 0 unspecified atom stereocenters. The van der Waals surface area contributed by atoms with Crippen LogP contribution in [-0.2, 0) is 6.42 Å². The molecule has 2 aromatic heterocycles. The summed E-state index contributed by atoms with van der Waals surface area (Å²) >= 11 is 0. The number of nitrogens with zero attached hydrogens (tertiary/aromatic N) is 3. The molecule has 0 aliphatic heterocycles. The molecular formula is C23H29N3O. The van der Waals surface area contributed by atoms with Gasteiger partial charge in [-0.3, -0.25) is 9.20 Å². The number of ketones is 1. The number of hydrogen-bond acceptors (Lipinski definition) is 3. The van der Waals surface area contributed by atoms with Crippen LogP contribution in [-0.4, -0.2) is 28.3 Å². The highest BCUT2D eigenvalue weighted by Gasteiger charge is 2.16. The average Bonchev–Trinajstić information content (AvgIpc) is 3.08. The second-order valence-corrected chi connectivity index (χ2v) is 7.26. The minimum Gasteiger partial charge on any atom is -0.358 e. The molecule has 0 N–H and O–H groups in total. The van der Waals surface area contributed by atoms with E-state index in [4.69, 9.17) is 0 Å². The summed E-state index contributed by atoms with van der Waals surface area (Å²) in [5.41, 5.74) is 4.81. The molecule has 0 bridgehead atoms. The van der Waals surface area contributed by atoms with Crippen molar-refractivity contribution in [2.24, 2.45) is 0 Å². The number of fused-ring (bicyclic) bond motifs is 1. The Balaban J connectivity index is 1.91. The molecule has 1 aromatic carbocycles. The summed E-state index contributed by atoms with van der Waals surface area (Å²) in [6.07, 6.45) is 4.46. The maximum absolute atomic E-state index is 12.9. The third kappa shape index (κ3) is 4.21. The normalized spacial score (nSPS) is 11.1. The molecule has 0 amide bonds. The quantitative estimate of drug-likeness (QED) is 0.528. The monoisotopic (exact) mass is 363 g/mol. The number of anilines is 1. The highest BCUT2D eigenvalue weighted by atomic mass is 16.1. The molecule has 0 spiro atoms. The maximum Gasteiger partial charge on any atom is 0.187 e. The van der Waals surface area contributed by atoms with E-state index in [1.54, 1.807) is 0 Å². The van der Waals surface area contributed by atoms with E-state index in [1.807, 2.05) is 24.4 Å². The van der Waals surface area contributed by atoms with E-state index in [-0.39, 0.29) is 5.78 Å². The van der Waals surface area contributed by atoms with Crippen molar-refractivity contribution in [1.82, 2.24) is 9.38 Å². The van der Waals surface area contributed by atoms with Crippen LogP contribution >= 0.6 is 0 Å². The number of rotatable bonds is 8. The van der Waals surface area contributed by atoms with Crippen molar-refractivity contribution >= 4 is 17.2 Å². The zero-order valence-corrected chi connectivity index (χ0v) is 16.8. The third-order valence-electron chi connectivity index (χ3n) is 4.92. The standard InChI is InChI=1S/C23H29N3O/c1-5-12-25(13-6-2)23-9-7-8-22-24-20(16-26(22)23)21(27)15-19-11-10-17(3)14-18(19)4/h7-11,14,16H,5-6,12-13,15H2,1-4H3. The fourth-order valence-electron chi connectivity index (χ4n) is 3.58. The van der Waals surface area contributed by atoms with E-state index < -0.39 is 0 Å². The van der Waals surface area contributed by atoms with Gasteiger partial charge in [-0.1, -0.05) is 43.7 Å². The first-order chi connectivity index (χ1) is 13.0. The zero-order chi connectivity index (χ0) is 19.4. The molecule has 142 valence electrons. The topological polar surface area (TPSA) is 37.6 Å². The predicted molar refractivity (Wildman–Crippen MR) is 112 cm³/mol. The second-order valence-electron chi connectivity index (χ2n) is 7.26. The number of aryl methyl sites for hydroxylation is 2. The molecule has 0 aliphatic carbocycles. The summed E-state index contributed by atoms with van der Waals surface area (Å²) in [4.78, 5) is 19.8. The SMILES string of the molecule is CCCN(CCC)c1cccc2nc(C(=O)Cc3ccc(C)cc3C)cn12. The smallest absolute Gasteiger partial charge is 0.187 e. The van der Waals surface area contributed by atoms with Crippen molar-refractivity contribution in [1.29, 1.82) is 0 Å². The number of imidazole rings is 1.